The molecule has 1 aromatic carbocycles. The van der Waals surface area contributed by atoms with Crippen molar-refractivity contribution in [2.45, 2.75) is 45.1 Å². The highest BCUT2D eigenvalue weighted by Gasteiger charge is 2.43. The van der Waals surface area contributed by atoms with Gasteiger partial charge in [0.25, 0.3) is 0 Å². The molecule has 0 radical (unpaired) electrons. The molecule has 0 saturated heterocycles. The smallest absolute Gasteiger partial charge is 0.191 e. The van der Waals surface area contributed by atoms with Gasteiger partial charge in [-0.25, -0.2) is 9.98 Å². The van der Waals surface area contributed by atoms with Gasteiger partial charge in [0.15, 0.2) is 5.96 Å². The number of nitrogens with one attached hydrogen (secondary N) is 2. The first-order valence-corrected chi connectivity index (χ1v) is 9.64. The summed E-state index contributed by atoms with van der Waals surface area (Å²) in [6.45, 7) is 6.65. The van der Waals surface area contributed by atoms with E-state index in [1.807, 2.05) is 0 Å². The fraction of sp³-hybridized carbons (Fsp3) is 0.474. The van der Waals surface area contributed by atoms with Crippen molar-refractivity contribution >= 4 is 17.3 Å². The van der Waals surface area contributed by atoms with Crippen LogP contribution in [-0.4, -0.2) is 24.0 Å². The normalized spacial score (nSPS) is 16.0. The maximum atomic E-state index is 4.69. The molecule has 128 valence electrons. The van der Waals surface area contributed by atoms with Gasteiger partial charge in [0.05, 0.1) is 17.2 Å². The average Bonchev–Trinajstić information content (AvgIpc) is 3.28. The lowest BCUT2D eigenvalue weighted by Gasteiger charge is -2.19. The maximum absolute atomic E-state index is 4.69. The van der Waals surface area contributed by atoms with Crippen molar-refractivity contribution in [3.63, 3.8) is 0 Å². The molecule has 1 heterocycles. The molecular formula is C19H26N4S. The minimum Gasteiger partial charge on any atom is -0.357 e. The lowest BCUT2D eigenvalue weighted by atomic mass is 9.96. The maximum Gasteiger partial charge on any atom is 0.191 e. The van der Waals surface area contributed by atoms with Crippen LogP contribution in [0.1, 0.15) is 43.0 Å². The first-order chi connectivity index (χ1) is 11.8. The van der Waals surface area contributed by atoms with Crippen molar-refractivity contribution in [2.24, 2.45) is 4.99 Å². The van der Waals surface area contributed by atoms with Crippen LogP contribution in [0, 0.1) is 0 Å². The van der Waals surface area contributed by atoms with Crippen molar-refractivity contribution in [3.05, 3.63) is 52.0 Å². The van der Waals surface area contributed by atoms with Crippen molar-refractivity contribution < 1.29 is 0 Å². The number of guanidine groups is 1. The molecule has 4 nitrogen and oxygen atoms in total. The fourth-order valence-corrected chi connectivity index (χ4v) is 3.58. The summed E-state index contributed by atoms with van der Waals surface area (Å²) in [6, 6.07) is 10.8. The minimum absolute atomic E-state index is 0.285. The molecular weight excluding hydrogens is 316 g/mol. The molecule has 1 aliphatic rings. The third-order valence-electron chi connectivity index (χ3n) is 4.48. The van der Waals surface area contributed by atoms with Crippen molar-refractivity contribution in [3.8, 4) is 0 Å². The van der Waals surface area contributed by atoms with Gasteiger partial charge >= 0.3 is 0 Å². The summed E-state index contributed by atoms with van der Waals surface area (Å²) in [5.74, 6) is 0.880. The van der Waals surface area contributed by atoms with Gasteiger partial charge in [0.1, 0.15) is 0 Å². The van der Waals surface area contributed by atoms with Crippen LogP contribution >= 0.6 is 11.3 Å². The van der Waals surface area contributed by atoms with Crippen LogP contribution in [0.2, 0.25) is 0 Å². The SMILES string of the molecule is CCNC(=NCc1csc(CC)n1)NCC1(c2ccccc2)CC1. The quantitative estimate of drug-likeness (QED) is 0.598. The Morgan fingerprint density at radius 1 is 1.21 bits per heavy atom. The highest BCUT2D eigenvalue weighted by Crippen LogP contribution is 2.47. The molecule has 24 heavy (non-hydrogen) atoms. The number of benzene rings is 1. The summed E-state index contributed by atoms with van der Waals surface area (Å²) in [5, 5.41) is 10.2. The third-order valence-corrected chi connectivity index (χ3v) is 5.52. The Bertz CT molecular complexity index is 674. The van der Waals surface area contributed by atoms with Crippen LogP contribution in [0.5, 0.6) is 0 Å². The first kappa shape index (κ1) is 17.0. The molecule has 0 amide bonds. The number of aliphatic imine (C=N–C) groups is 1. The van der Waals surface area contributed by atoms with Gasteiger partial charge in [-0.3, -0.25) is 0 Å². The molecule has 0 bridgehead atoms. The van der Waals surface area contributed by atoms with Crippen LogP contribution in [0.4, 0.5) is 0 Å². The largest absolute Gasteiger partial charge is 0.357 e. The zero-order valence-corrected chi connectivity index (χ0v) is 15.3. The number of rotatable bonds is 7. The molecule has 3 rings (SSSR count). The van der Waals surface area contributed by atoms with Gasteiger partial charge in [-0.05, 0) is 31.7 Å². The van der Waals surface area contributed by atoms with Crippen LogP contribution in [0.15, 0.2) is 40.7 Å². The van der Waals surface area contributed by atoms with Gasteiger partial charge in [-0.1, -0.05) is 37.3 Å². The molecule has 5 heteroatoms. The Morgan fingerprint density at radius 2 is 2.00 bits per heavy atom. The Balaban J connectivity index is 1.60. The predicted octanol–water partition coefficient (Wildman–Crippen LogP) is 3.49. The Labute approximate surface area is 148 Å². The van der Waals surface area contributed by atoms with E-state index in [4.69, 9.17) is 4.99 Å². The summed E-state index contributed by atoms with van der Waals surface area (Å²) >= 11 is 1.72. The fourth-order valence-electron chi connectivity index (χ4n) is 2.85. The average molecular weight is 343 g/mol. The lowest BCUT2D eigenvalue weighted by molar-refractivity contribution is 0.645. The molecule has 2 N–H and O–H groups in total. The third kappa shape index (κ3) is 4.15. The second-order valence-electron chi connectivity index (χ2n) is 6.28. The lowest BCUT2D eigenvalue weighted by Crippen LogP contribution is -2.41. The van der Waals surface area contributed by atoms with Crippen molar-refractivity contribution in [2.75, 3.05) is 13.1 Å². The number of nitrogens with zero attached hydrogens (tertiary/aromatic N) is 2. The second-order valence-corrected chi connectivity index (χ2v) is 7.22. The van der Waals surface area contributed by atoms with E-state index in [1.54, 1.807) is 11.3 Å². The van der Waals surface area contributed by atoms with E-state index >= 15 is 0 Å². The monoisotopic (exact) mass is 342 g/mol. The number of aryl methyl sites for hydroxylation is 1. The summed E-state index contributed by atoms with van der Waals surface area (Å²) in [5.41, 5.74) is 2.77. The Morgan fingerprint density at radius 3 is 2.62 bits per heavy atom. The Kier molecular flexibility index (Phi) is 5.51. The molecule has 1 saturated carbocycles. The van der Waals surface area contributed by atoms with Gasteiger partial charge < -0.3 is 10.6 Å². The first-order valence-electron chi connectivity index (χ1n) is 8.77. The summed E-state index contributed by atoms with van der Waals surface area (Å²) in [4.78, 5) is 9.28. The van der Waals surface area contributed by atoms with Crippen molar-refractivity contribution in [1.82, 2.24) is 15.6 Å². The Hall–Kier alpha value is -1.88. The van der Waals surface area contributed by atoms with Crippen molar-refractivity contribution in [1.29, 1.82) is 0 Å². The summed E-state index contributed by atoms with van der Waals surface area (Å²) in [7, 11) is 0. The van der Waals surface area contributed by atoms with E-state index in [2.05, 4.69) is 65.2 Å². The molecule has 0 spiro atoms. The molecule has 0 unspecified atom stereocenters. The number of thiazole rings is 1. The molecule has 1 aliphatic carbocycles. The number of hydrogen-bond donors (Lipinski definition) is 2. The summed E-state index contributed by atoms with van der Waals surface area (Å²) < 4.78 is 0. The molecule has 1 aromatic heterocycles. The zero-order chi connectivity index (χ0) is 16.8. The van der Waals surface area contributed by atoms with E-state index in [1.165, 1.54) is 23.4 Å². The summed E-state index contributed by atoms with van der Waals surface area (Å²) in [6.07, 6.45) is 3.48. The molecule has 0 atom stereocenters. The number of aromatic nitrogens is 1. The molecule has 0 aliphatic heterocycles. The predicted molar refractivity (Wildman–Crippen MR) is 102 cm³/mol. The van der Waals surface area contributed by atoms with Gasteiger partial charge in [0.2, 0.25) is 0 Å². The van der Waals surface area contributed by atoms with Gasteiger partial charge in [-0.15, -0.1) is 11.3 Å². The highest BCUT2D eigenvalue weighted by molar-refractivity contribution is 7.09. The van der Waals surface area contributed by atoms with Gasteiger partial charge in [-0.2, -0.15) is 0 Å². The van der Waals surface area contributed by atoms with Gasteiger partial charge in [0, 0.05) is 23.9 Å². The zero-order valence-electron chi connectivity index (χ0n) is 14.5. The number of hydrogen-bond acceptors (Lipinski definition) is 3. The topological polar surface area (TPSA) is 49.3 Å². The van der Waals surface area contributed by atoms with E-state index < -0.39 is 0 Å². The van der Waals surface area contributed by atoms with E-state index in [0.717, 1.165) is 31.2 Å². The van der Waals surface area contributed by atoms with E-state index in [9.17, 15) is 0 Å². The molecule has 2 aromatic rings. The molecule has 1 fully saturated rings. The highest BCUT2D eigenvalue weighted by atomic mass is 32.1. The van der Waals surface area contributed by atoms with Crippen LogP contribution in [-0.2, 0) is 18.4 Å². The van der Waals surface area contributed by atoms with Crippen LogP contribution < -0.4 is 10.6 Å². The second kappa shape index (κ2) is 7.79. The van der Waals surface area contributed by atoms with Crippen LogP contribution in [0.25, 0.3) is 0 Å². The minimum atomic E-state index is 0.285. The standard InChI is InChI=1S/C19H26N4S/c1-3-17-23-16(13-24-17)12-21-18(20-4-2)22-14-19(10-11-19)15-8-6-5-7-9-15/h5-9,13H,3-4,10-12,14H2,1-2H3,(H2,20,21,22). The van der Waals surface area contributed by atoms with E-state index in [-0.39, 0.29) is 5.41 Å². The van der Waals surface area contributed by atoms with Crippen LogP contribution in [0.3, 0.4) is 0 Å². The van der Waals surface area contributed by atoms with E-state index in [0.29, 0.717) is 6.54 Å².